The Morgan fingerprint density at radius 3 is 2.21 bits per heavy atom. The van der Waals surface area contributed by atoms with Crippen molar-refractivity contribution in [3.8, 4) is 11.1 Å². The number of hydrogen-bond donors (Lipinski definition) is 3. The minimum atomic E-state index is -0.525. The summed E-state index contributed by atoms with van der Waals surface area (Å²) < 4.78 is 10.2. The fourth-order valence-electron chi connectivity index (χ4n) is 2.81. The second-order valence-corrected chi connectivity index (χ2v) is 7.08. The maximum Gasteiger partial charge on any atom is 0.251 e. The first-order chi connectivity index (χ1) is 13.9. The quantitative estimate of drug-likeness (QED) is 0.237. The van der Waals surface area contributed by atoms with Crippen molar-refractivity contribution in [1.82, 2.24) is 10.8 Å². The topological polar surface area (TPSA) is 96.9 Å². The van der Waals surface area contributed by atoms with Crippen molar-refractivity contribution >= 4 is 23.4 Å². The molecule has 0 heterocycles. The Morgan fingerprint density at radius 2 is 1.66 bits per heavy atom. The maximum atomic E-state index is 12.6. The molecule has 0 aromatic heterocycles. The number of halogens is 1. The van der Waals surface area contributed by atoms with Crippen LogP contribution in [0, 0.1) is 5.92 Å². The van der Waals surface area contributed by atoms with Crippen LogP contribution in [0.5, 0.6) is 0 Å². The van der Waals surface area contributed by atoms with Crippen molar-refractivity contribution in [2.45, 2.75) is 19.4 Å². The average Bonchev–Trinajstić information content (AvgIpc) is 2.73. The summed E-state index contributed by atoms with van der Waals surface area (Å²) in [5.41, 5.74) is 4.07. The van der Waals surface area contributed by atoms with Crippen LogP contribution in [0.4, 0.5) is 0 Å². The van der Waals surface area contributed by atoms with Gasteiger partial charge in [0.05, 0.1) is 12.6 Å². The Kier molecular flexibility index (Phi) is 9.08. The van der Waals surface area contributed by atoms with Crippen molar-refractivity contribution in [1.29, 1.82) is 0 Å². The fraction of sp³-hybridized carbons (Fsp3) is 0.333. The summed E-state index contributed by atoms with van der Waals surface area (Å²) in [5, 5.41) is 12.3. The molecule has 0 unspecified atom stereocenters. The number of hydrogen-bond acceptors (Lipinski definition) is 5. The molecule has 2 aromatic carbocycles. The molecular formula is C21H25ClN2O5. The highest BCUT2D eigenvalue weighted by atomic mass is 35.5. The number of benzene rings is 2. The van der Waals surface area contributed by atoms with Crippen molar-refractivity contribution in [2.75, 3.05) is 20.5 Å². The van der Waals surface area contributed by atoms with E-state index in [9.17, 15) is 9.59 Å². The number of rotatable bonds is 10. The molecule has 0 aliphatic heterocycles. The lowest BCUT2D eigenvalue weighted by Gasteiger charge is -2.21. The van der Waals surface area contributed by atoms with Crippen molar-refractivity contribution < 1.29 is 24.3 Å². The Bertz CT molecular complexity index is 796. The Morgan fingerprint density at radius 1 is 1.07 bits per heavy atom. The number of ether oxygens (including phenoxy) is 2. The van der Waals surface area contributed by atoms with Crippen molar-refractivity contribution in [2.24, 2.45) is 5.92 Å². The average molecular weight is 421 g/mol. The molecule has 0 fully saturated rings. The highest BCUT2D eigenvalue weighted by molar-refractivity contribution is 6.30. The zero-order chi connectivity index (χ0) is 21.2. The van der Waals surface area contributed by atoms with Gasteiger partial charge in [-0.25, -0.2) is 5.48 Å². The molecule has 156 valence electrons. The van der Waals surface area contributed by atoms with Crippen LogP contribution in [0.1, 0.15) is 23.7 Å². The smallest absolute Gasteiger partial charge is 0.251 e. The van der Waals surface area contributed by atoms with Gasteiger partial charge in [-0.2, -0.15) is 0 Å². The van der Waals surface area contributed by atoms with Gasteiger partial charge >= 0.3 is 0 Å². The molecule has 0 aliphatic rings. The van der Waals surface area contributed by atoms with Gasteiger partial charge < -0.3 is 14.8 Å². The molecule has 2 amide bonds. The predicted molar refractivity (Wildman–Crippen MR) is 110 cm³/mol. The molecule has 0 aliphatic carbocycles. The number of carbonyl (C=O) groups excluding carboxylic acids is 2. The molecule has 0 bridgehead atoms. The first-order valence-electron chi connectivity index (χ1n) is 9.12. The van der Waals surface area contributed by atoms with E-state index in [2.05, 4.69) is 5.32 Å². The molecule has 0 saturated heterocycles. The molecule has 0 saturated carbocycles. The summed E-state index contributed by atoms with van der Waals surface area (Å²) in [7, 11) is 1.50. The van der Waals surface area contributed by atoms with Gasteiger partial charge in [0.1, 0.15) is 6.79 Å². The second-order valence-electron chi connectivity index (χ2n) is 6.64. The summed E-state index contributed by atoms with van der Waals surface area (Å²) >= 11 is 5.91. The molecule has 0 radical (unpaired) electrons. The van der Waals surface area contributed by atoms with E-state index in [1.165, 1.54) is 7.11 Å². The van der Waals surface area contributed by atoms with E-state index < -0.39 is 17.9 Å². The predicted octanol–water partition coefficient (Wildman–Crippen LogP) is 3.26. The minimum absolute atomic E-state index is 0.0722. The van der Waals surface area contributed by atoms with Crippen LogP contribution in [-0.2, 0) is 14.3 Å². The number of nitrogens with one attached hydrogen (secondary N) is 2. The van der Waals surface area contributed by atoms with Gasteiger partial charge in [0.2, 0.25) is 5.91 Å². The standard InChI is InChI=1S/C21H25ClN2O5/c1-14(20(25)24-27)11-19(12-29-13-28-2)23-21(26)17-5-3-15(4-6-17)16-7-9-18(22)10-8-16/h3-10,14,19,27H,11-13H2,1-2H3,(H,23,26)(H,24,25)/t14-,19-/m0/s1. The van der Waals surface area contributed by atoms with E-state index in [-0.39, 0.29) is 19.3 Å². The van der Waals surface area contributed by atoms with Gasteiger partial charge in [-0.15, -0.1) is 0 Å². The van der Waals surface area contributed by atoms with E-state index in [1.807, 2.05) is 36.4 Å². The van der Waals surface area contributed by atoms with Crippen LogP contribution >= 0.6 is 11.6 Å². The van der Waals surface area contributed by atoms with Crippen LogP contribution in [0.25, 0.3) is 11.1 Å². The molecule has 0 spiro atoms. The molecule has 3 N–H and O–H groups in total. The third-order valence-corrected chi connectivity index (χ3v) is 4.63. The third-order valence-electron chi connectivity index (χ3n) is 4.38. The molecular weight excluding hydrogens is 396 g/mol. The highest BCUT2D eigenvalue weighted by Crippen LogP contribution is 2.22. The Labute approximate surface area is 174 Å². The van der Waals surface area contributed by atoms with Crippen LogP contribution in [-0.4, -0.2) is 43.6 Å². The zero-order valence-corrected chi connectivity index (χ0v) is 17.1. The lowest BCUT2D eigenvalue weighted by atomic mass is 10.0. The first kappa shape index (κ1) is 22.8. The number of hydroxylamine groups is 1. The Balaban J connectivity index is 2.04. The van der Waals surface area contributed by atoms with Gasteiger partial charge in [-0.3, -0.25) is 14.8 Å². The van der Waals surface area contributed by atoms with E-state index in [4.69, 9.17) is 26.3 Å². The number of carbonyl (C=O) groups is 2. The van der Waals surface area contributed by atoms with Gasteiger partial charge in [-0.1, -0.05) is 42.8 Å². The molecule has 2 aromatic rings. The molecule has 7 nitrogen and oxygen atoms in total. The van der Waals surface area contributed by atoms with E-state index in [0.29, 0.717) is 17.0 Å². The second kappa shape index (κ2) is 11.5. The summed E-state index contributed by atoms with van der Waals surface area (Å²) in [6.45, 7) is 1.90. The van der Waals surface area contributed by atoms with Gasteiger partial charge in [-0.05, 0) is 41.8 Å². The third kappa shape index (κ3) is 7.14. The van der Waals surface area contributed by atoms with Gasteiger partial charge in [0, 0.05) is 23.6 Å². The van der Waals surface area contributed by atoms with Crippen molar-refractivity contribution in [3.63, 3.8) is 0 Å². The Hall–Kier alpha value is -2.45. The van der Waals surface area contributed by atoms with Crippen LogP contribution < -0.4 is 10.8 Å². The summed E-state index contributed by atoms with van der Waals surface area (Å²) in [4.78, 5) is 24.2. The first-order valence-corrected chi connectivity index (χ1v) is 9.50. The number of amides is 2. The van der Waals surface area contributed by atoms with Crippen LogP contribution in [0.3, 0.4) is 0 Å². The summed E-state index contributed by atoms with van der Waals surface area (Å²) in [6.07, 6.45) is 0.296. The van der Waals surface area contributed by atoms with E-state index >= 15 is 0 Å². The lowest BCUT2D eigenvalue weighted by Crippen LogP contribution is -2.41. The van der Waals surface area contributed by atoms with Crippen molar-refractivity contribution in [3.05, 3.63) is 59.1 Å². The normalized spacial score (nSPS) is 12.8. The molecule has 2 atom stereocenters. The minimum Gasteiger partial charge on any atom is -0.359 e. The molecule has 29 heavy (non-hydrogen) atoms. The lowest BCUT2D eigenvalue weighted by molar-refractivity contribution is -0.133. The number of methoxy groups -OCH3 is 1. The summed E-state index contributed by atoms with van der Waals surface area (Å²) in [5.74, 6) is -1.32. The maximum absolute atomic E-state index is 12.6. The molecule has 2 rings (SSSR count). The van der Waals surface area contributed by atoms with Gasteiger partial charge in [0.15, 0.2) is 0 Å². The largest absolute Gasteiger partial charge is 0.359 e. The SMILES string of the molecule is COCOC[C@H](C[C@H](C)C(=O)NO)NC(=O)c1ccc(-c2ccc(Cl)cc2)cc1. The molecule has 8 heteroatoms. The zero-order valence-electron chi connectivity index (χ0n) is 16.4. The fourth-order valence-corrected chi connectivity index (χ4v) is 2.94. The van der Waals surface area contributed by atoms with Gasteiger partial charge in [0.25, 0.3) is 5.91 Å². The van der Waals surface area contributed by atoms with E-state index in [0.717, 1.165) is 11.1 Å². The summed E-state index contributed by atoms with van der Waals surface area (Å²) in [6, 6.07) is 14.2. The monoisotopic (exact) mass is 420 g/mol. The van der Waals surface area contributed by atoms with E-state index in [1.54, 1.807) is 24.5 Å². The van der Waals surface area contributed by atoms with Crippen LogP contribution in [0.2, 0.25) is 5.02 Å². The highest BCUT2D eigenvalue weighted by Gasteiger charge is 2.21. The van der Waals surface area contributed by atoms with Crippen LogP contribution in [0.15, 0.2) is 48.5 Å².